The van der Waals surface area contributed by atoms with Gasteiger partial charge in [0.15, 0.2) is 5.96 Å². The van der Waals surface area contributed by atoms with Gasteiger partial charge in [-0.15, -0.1) is 24.0 Å². The van der Waals surface area contributed by atoms with Gasteiger partial charge >= 0.3 is 0 Å². The number of methoxy groups -OCH3 is 1. The van der Waals surface area contributed by atoms with Crippen molar-refractivity contribution in [2.45, 2.75) is 39.7 Å². The van der Waals surface area contributed by atoms with E-state index in [2.05, 4.69) is 36.4 Å². The minimum Gasteiger partial charge on any atom is -0.383 e. The molecule has 0 spiro atoms. The summed E-state index contributed by atoms with van der Waals surface area (Å²) >= 11 is 0. The Balaban J connectivity index is 0.00000400. The molecule has 0 aromatic heterocycles. The summed E-state index contributed by atoms with van der Waals surface area (Å²) in [6.45, 7) is 9.98. The van der Waals surface area contributed by atoms with E-state index >= 15 is 0 Å². The fraction of sp³-hybridized carbons (Fsp3) is 0.933. The molecule has 1 rings (SSSR count). The van der Waals surface area contributed by atoms with Crippen molar-refractivity contribution in [2.75, 3.05) is 40.5 Å². The quantitative estimate of drug-likeness (QED) is 0.314. The average molecular weight is 413 g/mol. The van der Waals surface area contributed by atoms with Crippen LogP contribution in [0.5, 0.6) is 0 Å². The lowest BCUT2D eigenvalue weighted by Crippen LogP contribution is -2.47. The molecule has 126 valence electrons. The van der Waals surface area contributed by atoms with Gasteiger partial charge in [0.2, 0.25) is 0 Å². The first-order chi connectivity index (χ1) is 9.49. The molecule has 2 atom stereocenters. The summed E-state index contributed by atoms with van der Waals surface area (Å²) in [5.41, 5.74) is 0.180. The third-order valence-electron chi connectivity index (χ3n) is 3.65. The minimum atomic E-state index is 0. The van der Waals surface area contributed by atoms with Gasteiger partial charge in [0.25, 0.3) is 0 Å². The minimum absolute atomic E-state index is 0. The van der Waals surface area contributed by atoms with Gasteiger partial charge in [-0.05, 0) is 18.3 Å². The molecule has 0 aromatic carbocycles. The van der Waals surface area contributed by atoms with E-state index in [1.807, 2.05) is 0 Å². The van der Waals surface area contributed by atoms with Crippen LogP contribution in [0.2, 0.25) is 0 Å². The summed E-state index contributed by atoms with van der Waals surface area (Å²) in [5.74, 6) is 1.37. The maximum Gasteiger partial charge on any atom is 0.191 e. The third-order valence-corrected chi connectivity index (χ3v) is 3.65. The van der Waals surface area contributed by atoms with Gasteiger partial charge in [-0.1, -0.05) is 20.8 Å². The molecule has 2 unspecified atom stereocenters. The van der Waals surface area contributed by atoms with Crippen LogP contribution in [0.15, 0.2) is 4.99 Å². The van der Waals surface area contributed by atoms with Gasteiger partial charge in [-0.25, -0.2) is 0 Å². The zero-order valence-corrected chi connectivity index (χ0v) is 16.4. The molecule has 0 aliphatic carbocycles. The van der Waals surface area contributed by atoms with E-state index in [1.54, 1.807) is 14.2 Å². The Morgan fingerprint density at radius 1 is 1.33 bits per heavy atom. The molecule has 0 saturated carbocycles. The predicted molar refractivity (Wildman–Crippen MR) is 98.6 cm³/mol. The Labute approximate surface area is 146 Å². The van der Waals surface area contributed by atoms with E-state index < -0.39 is 0 Å². The van der Waals surface area contributed by atoms with Crippen LogP contribution in [-0.4, -0.2) is 52.5 Å². The first kappa shape index (κ1) is 20.9. The number of guanidine groups is 1. The smallest absolute Gasteiger partial charge is 0.191 e. The molecule has 0 bridgehead atoms. The maximum absolute atomic E-state index is 6.00. The molecule has 21 heavy (non-hydrogen) atoms. The molecule has 5 nitrogen and oxygen atoms in total. The predicted octanol–water partition coefficient (Wildman–Crippen LogP) is 2.26. The summed E-state index contributed by atoms with van der Waals surface area (Å²) in [4.78, 5) is 4.23. The Kier molecular flexibility index (Phi) is 10.6. The Morgan fingerprint density at radius 3 is 2.62 bits per heavy atom. The number of hydrogen-bond acceptors (Lipinski definition) is 3. The first-order valence-electron chi connectivity index (χ1n) is 7.54. The van der Waals surface area contributed by atoms with Crippen molar-refractivity contribution in [1.82, 2.24) is 10.6 Å². The maximum atomic E-state index is 6.00. The lowest BCUT2D eigenvalue weighted by molar-refractivity contribution is -0.0835. The second-order valence-electron chi connectivity index (χ2n) is 6.43. The molecule has 1 aliphatic heterocycles. The molecule has 1 fully saturated rings. The zero-order chi connectivity index (χ0) is 15.0. The van der Waals surface area contributed by atoms with Crippen molar-refractivity contribution in [3.05, 3.63) is 0 Å². The van der Waals surface area contributed by atoms with Crippen LogP contribution in [0.3, 0.4) is 0 Å². The van der Waals surface area contributed by atoms with Crippen molar-refractivity contribution < 1.29 is 9.47 Å². The molecule has 1 aliphatic rings. The Morgan fingerprint density at radius 2 is 2.05 bits per heavy atom. The van der Waals surface area contributed by atoms with Gasteiger partial charge in [0.1, 0.15) is 0 Å². The van der Waals surface area contributed by atoms with Crippen LogP contribution in [0, 0.1) is 11.3 Å². The van der Waals surface area contributed by atoms with Crippen molar-refractivity contribution in [1.29, 1.82) is 0 Å². The Hall–Kier alpha value is -0.0800. The fourth-order valence-corrected chi connectivity index (χ4v) is 2.73. The zero-order valence-electron chi connectivity index (χ0n) is 14.1. The summed E-state index contributed by atoms with van der Waals surface area (Å²) in [6, 6.07) is 0. The molecule has 0 radical (unpaired) electrons. The number of halogens is 1. The van der Waals surface area contributed by atoms with Gasteiger partial charge < -0.3 is 20.1 Å². The lowest BCUT2D eigenvalue weighted by Gasteiger charge is -2.40. The second-order valence-corrected chi connectivity index (χ2v) is 6.43. The molecule has 0 amide bonds. The van der Waals surface area contributed by atoms with Crippen LogP contribution in [0.25, 0.3) is 0 Å². The lowest BCUT2D eigenvalue weighted by atomic mass is 9.78. The van der Waals surface area contributed by atoms with E-state index in [0.29, 0.717) is 18.6 Å². The number of hydrogen-bond donors (Lipinski definition) is 2. The molecular formula is C15H32IN3O2. The van der Waals surface area contributed by atoms with Gasteiger partial charge in [0, 0.05) is 39.8 Å². The van der Waals surface area contributed by atoms with E-state index in [0.717, 1.165) is 32.1 Å². The van der Waals surface area contributed by atoms with E-state index in [4.69, 9.17) is 9.47 Å². The second kappa shape index (κ2) is 10.6. The molecule has 2 N–H and O–H groups in total. The van der Waals surface area contributed by atoms with Crippen LogP contribution < -0.4 is 10.6 Å². The number of nitrogens with one attached hydrogen (secondary N) is 2. The van der Waals surface area contributed by atoms with Crippen molar-refractivity contribution >= 4 is 29.9 Å². The summed E-state index contributed by atoms with van der Waals surface area (Å²) in [7, 11) is 3.49. The topological polar surface area (TPSA) is 54.9 Å². The molecule has 1 heterocycles. The highest BCUT2D eigenvalue weighted by molar-refractivity contribution is 14.0. The highest BCUT2D eigenvalue weighted by Gasteiger charge is 2.35. The van der Waals surface area contributed by atoms with E-state index in [9.17, 15) is 0 Å². The number of rotatable bonds is 5. The average Bonchev–Trinajstić information content (AvgIpc) is 2.42. The van der Waals surface area contributed by atoms with E-state index in [1.165, 1.54) is 6.42 Å². The molecule has 1 saturated heterocycles. The number of aliphatic imine (C=N–C) groups is 1. The van der Waals surface area contributed by atoms with Gasteiger partial charge in [0.05, 0.1) is 12.7 Å². The van der Waals surface area contributed by atoms with Crippen LogP contribution in [0.4, 0.5) is 0 Å². The summed E-state index contributed by atoms with van der Waals surface area (Å²) in [6.07, 6.45) is 2.67. The molecule has 6 heteroatoms. The normalized spacial score (nSPS) is 23.4. The SMILES string of the molecule is CN=C(NCCOC)NCC1CCCOC1C(C)(C)C.I. The number of nitrogens with zero attached hydrogens (tertiary/aromatic N) is 1. The van der Waals surface area contributed by atoms with Gasteiger partial charge in [-0.3, -0.25) is 4.99 Å². The molecular weight excluding hydrogens is 381 g/mol. The monoisotopic (exact) mass is 413 g/mol. The van der Waals surface area contributed by atoms with Crippen molar-refractivity contribution in [2.24, 2.45) is 16.3 Å². The molecule has 0 aromatic rings. The fourth-order valence-electron chi connectivity index (χ4n) is 2.73. The van der Waals surface area contributed by atoms with Crippen molar-refractivity contribution in [3.63, 3.8) is 0 Å². The van der Waals surface area contributed by atoms with Crippen LogP contribution in [0.1, 0.15) is 33.6 Å². The summed E-state index contributed by atoms with van der Waals surface area (Å²) < 4.78 is 11.0. The number of ether oxygens (including phenoxy) is 2. The van der Waals surface area contributed by atoms with Crippen LogP contribution in [-0.2, 0) is 9.47 Å². The highest BCUT2D eigenvalue weighted by Crippen LogP contribution is 2.33. The standard InChI is InChI=1S/C15H31N3O2.HI/c1-15(2,3)13-12(7-6-9-20-13)11-18-14(16-4)17-8-10-19-5;/h12-13H,6-11H2,1-5H3,(H2,16,17,18);1H. The van der Waals surface area contributed by atoms with Crippen LogP contribution >= 0.6 is 24.0 Å². The largest absolute Gasteiger partial charge is 0.383 e. The Bertz CT molecular complexity index is 306. The van der Waals surface area contributed by atoms with E-state index in [-0.39, 0.29) is 29.4 Å². The highest BCUT2D eigenvalue weighted by atomic mass is 127. The van der Waals surface area contributed by atoms with Gasteiger partial charge in [-0.2, -0.15) is 0 Å². The third kappa shape index (κ3) is 7.65. The van der Waals surface area contributed by atoms with Crippen molar-refractivity contribution in [3.8, 4) is 0 Å². The summed E-state index contributed by atoms with van der Waals surface area (Å²) in [5, 5.41) is 6.64. The first-order valence-corrected chi connectivity index (χ1v) is 7.54.